The Kier molecular flexibility index (Phi) is 7.56. The Bertz CT molecular complexity index is 549. The van der Waals surface area contributed by atoms with Crippen molar-refractivity contribution in [1.29, 1.82) is 0 Å². The second-order valence-electron chi connectivity index (χ2n) is 8.36. The van der Waals surface area contributed by atoms with Crippen LogP contribution in [0, 0.1) is 0 Å². The third kappa shape index (κ3) is 5.60. The number of hydrogen-bond acceptors (Lipinski definition) is 2. The number of phenolic OH excluding ortho intramolecular Hbond substituents is 1. The van der Waals surface area contributed by atoms with Crippen molar-refractivity contribution in [3.8, 4) is 5.75 Å². The molecule has 0 radical (unpaired) electrons. The largest absolute Gasteiger partial charge is 0.508 e. The van der Waals surface area contributed by atoms with E-state index < -0.39 is 0 Å². The van der Waals surface area contributed by atoms with Gasteiger partial charge in [-0.25, -0.2) is 0 Å². The van der Waals surface area contributed by atoms with Crippen LogP contribution >= 0.6 is 0 Å². The zero-order chi connectivity index (χ0) is 18.3. The molecule has 0 bridgehead atoms. The first-order chi connectivity index (χ1) is 12.0. The number of hydrogen-bond donors (Lipinski definition) is 1. The van der Waals surface area contributed by atoms with Crippen LogP contribution in [0.1, 0.15) is 82.8 Å². The lowest BCUT2D eigenvalue weighted by Gasteiger charge is -2.33. The van der Waals surface area contributed by atoms with Crippen molar-refractivity contribution in [1.82, 2.24) is 4.90 Å². The molecule has 2 rings (SSSR count). The van der Waals surface area contributed by atoms with E-state index in [0.29, 0.717) is 11.7 Å². The van der Waals surface area contributed by atoms with Gasteiger partial charge >= 0.3 is 0 Å². The van der Waals surface area contributed by atoms with Gasteiger partial charge < -0.3 is 5.11 Å². The monoisotopic (exact) mass is 343 g/mol. The van der Waals surface area contributed by atoms with Gasteiger partial charge in [-0.05, 0) is 48.4 Å². The summed E-state index contributed by atoms with van der Waals surface area (Å²) >= 11 is 0. The van der Waals surface area contributed by atoms with Crippen LogP contribution in [0.2, 0.25) is 0 Å². The predicted octanol–water partition coefficient (Wildman–Crippen LogP) is 6.01. The van der Waals surface area contributed by atoms with Crippen LogP contribution < -0.4 is 0 Å². The molecule has 140 valence electrons. The Morgan fingerprint density at radius 3 is 2.76 bits per heavy atom. The topological polar surface area (TPSA) is 23.5 Å². The maximum Gasteiger partial charge on any atom is 0.119 e. The molecule has 1 aliphatic rings. The first kappa shape index (κ1) is 20.0. The van der Waals surface area contributed by atoms with Gasteiger partial charge in [0.1, 0.15) is 5.75 Å². The highest BCUT2D eigenvalue weighted by atomic mass is 16.3. The fourth-order valence-corrected chi connectivity index (χ4v) is 4.11. The quantitative estimate of drug-likeness (QED) is 0.439. The van der Waals surface area contributed by atoms with Crippen molar-refractivity contribution in [2.75, 3.05) is 19.6 Å². The van der Waals surface area contributed by atoms with Gasteiger partial charge in [0.2, 0.25) is 0 Å². The first-order valence-corrected chi connectivity index (χ1v) is 10.1. The summed E-state index contributed by atoms with van der Waals surface area (Å²) in [6.45, 7) is 13.8. The molecule has 0 aromatic heterocycles. The minimum Gasteiger partial charge on any atom is -0.508 e. The van der Waals surface area contributed by atoms with E-state index in [4.69, 9.17) is 0 Å². The molecule has 25 heavy (non-hydrogen) atoms. The zero-order valence-corrected chi connectivity index (χ0v) is 16.6. The molecule has 0 amide bonds. The Morgan fingerprint density at radius 2 is 2.08 bits per heavy atom. The molecule has 1 aromatic carbocycles. The molecular weight excluding hydrogens is 306 g/mol. The molecule has 1 heterocycles. The molecule has 1 aliphatic heterocycles. The van der Waals surface area contributed by atoms with Crippen LogP contribution in [0.25, 0.3) is 0 Å². The van der Waals surface area contributed by atoms with Gasteiger partial charge in [-0.1, -0.05) is 64.7 Å². The smallest absolute Gasteiger partial charge is 0.119 e. The summed E-state index contributed by atoms with van der Waals surface area (Å²) in [5, 5.41) is 10.7. The third-order valence-electron chi connectivity index (χ3n) is 5.80. The fourth-order valence-electron chi connectivity index (χ4n) is 4.11. The first-order valence-electron chi connectivity index (χ1n) is 10.1. The number of aromatic hydroxyl groups is 1. The summed E-state index contributed by atoms with van der Waals surface area (Å²) in [7, 11) is 0. The summed E-state index contributed by atoms with van der Waals surface area (Å²) in [5.74, 6) is 0.931. The molecule has 2 heteroatoms. The van der Waals surface area contributed by atoms with Crippen molar-refractivity contribution < 1.29 is 5.11 Å². The van der Waals surface area contributed by atoms with E-state index in [-0.39, 0.29) is 5.41 Å². The molecule has 1 aromatic rings. The van der Waals surface area contributed by atoms with Gasteiger partial charge in [0.05, 0.1) is 0 Å². The molecule has 0 saturated carbocycles. The van der Waals surface area contributed by atoms with Crippen LogP contribution in [0.3, 0.4) is 0 Å². The lowest BCUT2D eigenvalue weighted by atomic mass is 9.78. The maximum absolute atomic E-state index is 10.7. The second kappa shape index (κ2) is 9.43. The summed E-state index contributed by atoms with van der Waals surface area (Å²) in [6.07, 6.45) is 10.7. The van der Waals surface area contributed by atoms with Gasteiger partial charge in [-0.15, -0.1) is 6.58 Å². The van der Waals surface area contributed by atoms with E-state index in [1.54, 1.807) is 0 Å². The minimum atomic E-state index is 0.130. The van der Waals surface area contributed by atoms with Crippen molar-refractivity contribution >= 4 is 0 Å². The molecule has 1 saturated heterocycles. The number of benzene rings is 1. The van der Waals surface area contributed by atoms with Gasteiger partial charge in [0.25, 0.3) is 0 Å². The standard InChI is InChI=1S/C23H37NO/c1-5-7-8-9-14-23(3,4)20-12-13-21(22(25)17-20)19-11-10-16-24(18-19)15-6-2/h6,12-13,17,19,25H,2,5,7-11,14-16,18H2,1,3-4H3. The summed E-state index contributed by atoms with van der Waals surface area (Å²) in [4.78, 5) is 2.44. The number of phenols is 1. The maximum atomic E-state index is 10.7. The Labute approximate surface area is 154 Å². The number of rotatable bonds is 9. The van der Waals surface area contributed by atoms with Gasteiger partial charge in [-0.3, -0.25) is 4.90 Å². The van der Waals surface area contributed by atoms with Gasteiger partial charge in [0.15, 0.2) is 0 Å². The van der Waals surface area contributed by atoms with E-state index in [1.807, 2.05) is 12.1 Å². The van der Waals surface area contributed by atoms with E-state index >= 15 is 0 Å². The van der Waals surface area contributed by atoms with Crippen molar-refractivity contribution in [3.05, 3.63) is 42.0 Å². The Hall–Kier alpha value is -1.28. The lowest BCUT2D eigenvalue weighted by Crippen LogP contribution is -2.34. The Morgan fingerprint density at radius 1 is 1.28 bits per heavy atom. The molecule has 1 atom stereocenters. The van der Waals surface area contributed by atoms with Crippen LogP contribution in [-0.2, 0) is 5.41 Å². The SMILES string of the molecule is C=CCN1CCCC(c2ccc(C(C)(C)CCCCCC)cc2O)C1. The predicted molar refractivity (Wildman–Crippen MR) is 109 cm³/mol. The number of unbranched alkanes of at least 4 members (excludes halogenated alkanes) is 3. The third-order valence-corrected chi connectivity index (χ3v) is 5.80. The fraction of sp³-hybridized carbons (Fsp3) is 0.652. The van der Waals surface area contributed by atoms with Crippen molar-refractivity contribution in [2.45, 2.75) is 77.0 Å². The van der Waals surface area contributed by atoms with Gasteiger partial charge in [-0.2, -0.15) is 0 Å². The number of likely N-dealkylation sites (tertiary alicyclic amines) is 1. The summed E-state index contributed by atoms with van der Waals surface area (Å²) in [5.41, 5.74) is 2.52. The van der Waals surface area contributed by atoms with E-state index in [9.17, 15) is 5.11 Å². The highest BCUT2D eigenvalue weighted by molar-refractivity contribution is 5.41. The van der Waals surface area contributed by atoms with E-state index in [2.05, 4.69) is 44.4 Å². The van der Waals surface area contributed by atoms with E-state index in [1.165, 1.54) is 50.5 Å². The lowest BCUT2D eigenvalue weighted by molar-refractivity contribution is 0.226. The van der Waals surface area contributed by atoms with Crippen LogP contribution in [0.4, 0.5) is 0 Å². The summed E-state index contributed by atoms with van der Waals surface area (Å²) in [6, 6.07) is 6.46. The average Bonchev–Trinajstić information content (AvgIpc) is 2.59. The molecule has 0 aliphatic carbocycles. The number of piperidine rings is 1. The molecule has 1 unspecified atom stereocenters. The zero-order valence-electron chi connectivity index (χ0n) is 16.6. The average molecular weight is 344 g/mol. The van der Waals surface area contributed by atoms with Crippen LogP contribution in [0.15, 0.2) is 30.9 Å². The van der Waals surface area contributed by atoms with E-state index in [0.717, 1.165) is 25.2 Å². The highest BCUT2D eigenvalue weighted by Gasteiger charge is 2.25. The molecule has 1 N–H and O–H groups in total. The van der Waals surface area contributed by atoms with Crippen molar-refractivity contribution in [3.63, 3.8) is 0 Å². The van der Waals surface area contributed by atoms with Crippen LogP contribution in [-0.4, -0.2) is 29.6 Å². The van der Waals surface area contributed by atoms with Gasteiger partial charge in [0, 0.05) is 19.0 Å². The normalized spacial score (nSPS) is 19.1. The summed E-state index contributed by atoms with van der Waals surface area (Å²) < 4.78 is 0. The molecule has 2 nitrogen and oxygen atoms in total. The molecular formula is C23H37NO. The molecule has 1 fully saturated rings. The van der Waals surface area contributed by atoms with Crippen LogP contribution in [0.5, 0.6) is 5.75 Å². The highest BCUT2D eigenvalue weighted by Crippen LogP contribution is 2.37. The molecule has 0 spiro atoms. The Balaban J connectivity index is 2.05. The minimum absolute atomic E-state index is 0.130. The van der Waals surface area contributed by atoms with Crippen molar-refractivity contribution in [2.24, 2.45) is 0 Å². The number of nitrogens with zero attached hydrogens (tertiary/aromatic N) is 1. The second-order valence-corrected chi connectivity index (χ2v) is 8.36.